The van der Waals surface area contributed by atoms with E-state index < -0.39 is 11.8 Å². The van der Waals surface area contributed by atoms with Crippen LogP contribution in [0.4, 0.5) is 4.39 Å². The molecule has 0 saturated carbocycles. The van der Waals surface area contributed by atoms with Gasteiger partial charge in [-0.2, -0.15) is 0 Å². The summed E-state index contributed by atoms with van der Waals surface area (Å²) in [6.45, 7) is 0. The molecule has 134 valence electrons. The lowest BCUT2D eigenvalue weighted by Gasteiger charge is -2.10. The summed E-state index contributed by atoms with van der Waals surface area (Å²) in [7, 11) is 1.40. The summed E-state index contributed by atoms with van der Waals surface area (Å²) in [5.41, 5.74) is 3.33. The van der Waals surface area contributed by atoms with Crippen LogP contribution in [0.25, 0.3) is 33.5 Å². The zero-order chi connectivity index (χ0) is 19.0. The van der Waals surface area contributed by atoms with Crippen molar-refractivity contribution in [2.45, 2.75) is 0 Å². The quantitative estimate of drug-likeness (QED) is 0.550. The van der Waals surface area contributed by atoms with Crippen LogP contribution in [-0.2, 0) is 0 Å². The van der Waals surface area contributed by atoms with Crippen LogP contribution < -0.4 is 4.74 Å². The van der Waals surface area contributed by atoms with Gasteiger partial charge in [-0.15, -0.1) is 0 Å². The lowest BCUT2D eigenvalue weighted by molar-refractivity contribution is 0.0697. The van der Waals surface area contributed by atoms with E-state index in [1.165, 1.54) is 19.2 Å². The Hall–Kier alpha value is -3.67. The van der Waals surface area contributed by atoms with Gasteiger partial charge in [-0.3, -0.25) is 0 Å². The highest BCUT2D eigenvalue weighted by atomic mass is 19.1. The van der Waals surface area contributed by atoms with Gasteiger partial charge in [-0.05, 0) is 17.2 Å². The Kier molecular flexibility index (Phi) is 4.08. The number of hydrogen-bond acceptors (Lipinski definition) is 3. The van der Waals surface area contributed by atoms with Gasteiger partial charge in [0, 0.05) is 17.7 Å². The van der Waals surface area contributed by atoms with E-state index in [4.69, 9.17) is 4.74 Å². The largest absolute Gasteiger partial charge is 0.494 e. The first-order chi connectivity index (χ1) is 13.1. The lowest BCUT2D eigenvalue weighted by atomic mass is 9.95. The summed E-state index contributed by atoms with van der Waals surface area (Å²) in [6, 6.07) is 17.0. The number of carbonyl (C=O) groups is 1. The third kappa shape index (κ3) is 2.91. The standard InChI is InChI=1S/C21H15FN2O3/c1-27-19-11-18-17(10-16(19)22)23-20(24-18)14-8-4-2-6-12(14)13-7-3-5-9-15(13)21(25)26/h2-11H,1H3,(H,23,24)(H,25,26). The monoisotopic (exact) mass is 362 g/mol. The maximum Gasteiger partial charge on any atom is 0.336 e. The number of methoxy groups -OCH3 is 1. The molecule has 4 aromatic rings. The Morgan fingerprint density at radius 1 is 1.04 bits per heavy atom. The van der Waals surface area contributed by atoms with Crippen molar-refractivity contribution in [2.24, 2.45) is 0 Å². The Balaban J connectivity index is 1.92. The third-order valence-corrected chi connectivity index (χ3v) is 4.39. The van der Waals surface area contributed by atoms with Crippen LogP contribution >= 0.6 is 0 Å². The van der Waals surface area contributed by atoms with Crippen molar-refractivity contribution in [3.63, 3.8) is 0 Å². The van der Waals surface area contributed by atoms with Crippen molar-refractivity contribution in [3.05, 3.63) is 72.0 Å². The molecule has 0 saturated heterocycles. The number of H-pyrrole nitrogens is 1. The average molecular weight is 362 g/mol. The first kappa shape index (κ1) is 16.8. The van der Waals surface area contributed by atoms with Gasteiger partial charge in [0.2, 0.25) is 0 Å². The normalized spacial score (nSPS) is 10.9. The number of fused-ring (bicyclic) bond motifs is 1. The molecule has 6 heteroatoms. The second-order valence-corrected chi connectivity index (χ2v) is 5.99. The first-order valence-corrected chi connectivity index (χ1v) is 8.24. The van der Waals surface area contributed by atoms with Crippen LogP contribution in [0.3, 0.4) is 0 Å². The van der Waals surface area contributed by atoms with Gasteiger partial charge < -0.3 is 14.8 Å². The molecule has 2 N–H and O–H groups in total. The SMILES string of the molecule is COc1cc2nc(-c3ccccc3-c3ccccc3C(=O)O)[nH]c2cc1F. The summed E-state index contributed by atoms with van der Waals surface area (Å²) >= 11 is 0. The smallest absolute Gasteiger partial charge is 0.336 e. The van der Waals surface area contributed by atoms with Gasteiger partial charge in [0.1, 0.15) is 5.82 Å². The molecule has 0 fully saturated rings. The number of imidazole rings is 1. The van der Waals surface area contributed by atoms with E-state index in [2.05, 4.69) is 9.97 Å². The van der Waals surface area contributed by atoms with Crippen molar-refractivity contribution in [3.8, 4) is 28.3 Å². The van der Waals surface area contributed by atoms with Crippen LogP contribution in [0.1, 0.15) is 10.4 Å². The van der Waals surface area contributed by atoms with Gasteiger partial charge in [0.05, 0.1) is 23.7 Å². The van der Waals surface area contributed by atoms with E-state index >= 15 is 0 Å². The molecule has 1 heterocycles. The van der Waals surface area contributed by atoms with Gasteiger partial charge in [-0.25, -0.2) is 14.2 Å². The minimum Gasteiger partial charge on any atom is -0.494 e. The summed E-state index contributed by atoms with van der Waals surface area (Å²) in [5.74, 6) is -0.847. The zero-order valence-corrected chi connectivity index (χ0v) is 14.4. The summed E-state index contributed by atoms with van der Waals surface area (Å²) in [5, 5.41) is 9.51. The van der Waals surface area contributed by atoms with Crippen molar-refractivity contribution in [2.75, 3.05) is 7.11 Å². The molecule has 0 bridgehead atoms. The minimum atomic E-state index is -1.00. The molecule has 0 spiro atoms. The highest BCUT2D eigenvalue weighted by Crippen LogP contribution is 2.34. The number of nitrogens with one attached hydrogen (secondary N) is 1. The zero-order valence-electron chi connectivity index (χ0n) is 14.4. The van der Waals surface area contributed by atoms with E-state index in [1.807, 2.05) is 24.3 Å². The Morgan fingerprint density at radius 3 is 2.41 bits per heavy atom. The Bertz CT molecular complexity index is 1170. The fourth-order valence-electron chi connectivity index (χ4n) is 3.12. The number of carboxylic acid groups (broad SMARTS) is 1. The van der Waals surface area contributed by atoms with Crippen LogP contribution in [0.2, 0.25) is 0 Å². The average Bonchev–Trinajstić information content (AvgIpc) is 3.09. The molecule has 0 unspecified atom stereocenters. The van der Waals surface area contributed by atoms with E-state index in [0.29, 0.717) is 22.4 Å². The van der Waals surface area contributed by atoms with E-state index in [-0.39, 0.29) is 11.3 Å². The van der Waals surface area contributed by atoms with Crippen molar-refractivity contribution in [1.29, 1.82) is 0 Å². The van der Waals surface area contributed by atoms with Crippen molar-refractivity contribution in [1.82, 2.24) is 9.97 Å². The first-order valence-electron chi connectivity index (χ1n) is 8.24. The summed E-state index contributed by atoms with van der Waals surface area (Å²) in [6.07, 6.45) is 0. The maximum absolute atomic E-state index is 14.0. The number of aromatic nitrogens is 2. The molecule has 0 atom stereocenters. The van der Waals surface area contributed by atoms with Gasteiger partial charge in [0.15, 0.2) is 11.6 Å². The van der Waals surface area contributed by atoms with Crippen molar-refractivity contribution >= 4 is 17.0 Å². The third-order valence-electron chi connectivity index (χ3n) is 4.39. The molecule has 0 aliphatic heterocycles. The Labute approximate surface area is 154 Å². The van der Waals surface area contributed by atoms with E-state index in [0.717, 1.165) is 11.1 Å². The molecule has 5 nitrogen and oxygen atoms in total. The molecular formula is C21H15FN2O3. The number of carboxylic acids is 1. The lowest BCUT2D eigenvalue weighted by Crippen LogP contribution is -2.00. The topological polar surface area (TPSA) is 75.2 Å². The molecule has 3 aromatic carbocycles. The van der Waals surface area contributed by atoms with E-state index in [9.17, 15) is 14.3 Å². The van der Waals surface area contributed by atoms with Crippen LogP contribution in [0, 0.1) is 5.82 Å². The number of aromatic amines is 1. The maximum atomic E-state index is 14.0. The summed E-state index contributed by atoms with van der Waals surface area (Å²) in [4.78, 5) is 19.3. The highest BCUT2D eigenvalue weighted by Gasteiger charge is 2.17. The highest BCUT2D eigenvalue weighted by molar-refractivity contribution is 5.98. The van der Waals surface area contributed by atoms with Crippen LogP contribution in [0.5, 0.6) is 5.75 Å². The fourth-order valence-corrected chi connectivity index (χ4v) is 3.12. The fraction of sp³-hybridized carbons (Fsp3) is 0.0476. The minimum absolute atomic E-state index is 0.116. The predicted molar refractivity (Wildman–Crippen MR) is 100 cm³/mol. The van der Waals surface area contributed by atoms with Gasteiger partial charge in [-0.1, -0.05) is 42.5 Å². The van der Waals surface area contributed by atoms with Gasteiger partial charge in [0.25, 0.3) is 0 Å². The second-order valence-electron chi connectivity index (χ2n) is 5.99. The number of nitrogens with zero attached hydrogens (tertiary/aromatic N) is 1. The van der Waals surface area contributed by atoms with E-state index in [1.54, 1.807) is 24.3 Å². The molecule has 1 aromatic heterocycles. The molecule has 4 rings (SSSR count). The molecule has 0 aliphatic rings. The molecule has 27 heavy (non-hydrogen) atoms. The molecule has 0 aliphatic carbocycles. The molecule has 0 radical (unpaired) electrons. The number of hydrogen-bond donors (Lipinski definition) is 2. The van der Waals surface area contributed by atoms with Crippen LogP contribution in [0.15, 0.2) is 60.7 Å². The van der Waals surface area contributed by atoms with Gasteiger partial charge >= 0.3 is 5.97 Å². The number of aromatic carboxylic acids is 1. The van der Waals surface area contributed by atoms with Crippen LogP contribution in [-0.4, -0.2) is 28.2 Å². The predicted octanol–water partition coefficient (Wildman–Crippen LogP) is 4.74. The summed E-state index contributed by atoms with van der Waals surface area (Å²) < 4.78 is 19.0. The molecular weight excluding hydrogens is 347 g/mol. The molecule has 0 amide bonds. The number of benzene rings is 3. The second kappa shape index (κ2) is 6.57. The van der Waals surface area contributed by atoms with Crippen molar-refractivity contribution < 1.29 is 19.0 Å². The Morgan fingerprint density at radius 2 is 1.70 bits per heavy atom. The number of ether oxygens (including phenoxy) is 1. The number of rotatable bonds is 4. The number of halogens is 1.